The van der Waals surface area contributed by atoms with Crippen molar-refractivity contribution in [2.75, 3.05) is 5.73 Å². The van der Waals surface area contributed by atoms with Crippen molar-refractivity contribution in [3.8, 4) is 0 Å². The van der Waals surface area contributed by atoms with Crippen LogP contribution in [0.15, 0.2) is 54.9 Å². The van der Waals surface area contributed by atoms with Crippen LogP contribution in [0.4, 0.5) is 5.69 Å². The van der Waals surface area contributed by atoms with Crippen LogP contribution in [0.1, 0.15) is 17.2 Å². The third-order valence-corrected chi connectivity index (χ3v) is 3.79. The molecule has 106 valence electrons. The molecule has 2 aromatic carbocycles. The van der Waals surface area contributed by atoms with E-state index in [-0.39, 0.29) is 6.04 Å². The minimum Gasteiger partial charge on any atom is -0.398 e. The summed E-state index contributed by atoms with van der Waals surface area (Å²) >= 11 is 5.97. The lowest BCUT2D eigenvalue weighted by molar-refractivity contribution is 0.642. The SMILES string of the molecule is NNC(c1ccc(Cl)cc1N)c1cccc2cnccc12. The smallest absolute Gasteiger partial charge is 0.0736 e. The first-order chi connectivity index (χ1) is 10.2. The van der Waals surface area contributed by atoms with E-state index in [1.807, 2.05) is 42.6 Å². The van der Waals surface area contributed by atoms with E-state index >= 15 is 0 Å². The molecule has 0 aliphatic heterocycles. The predicted octanol–water partition coefficient (Wildman–Crippen LogP) is 3.02. The molecule has 0 fully saturated rings. The van der Waals surface area contributed by atoms with Crippen molar-refractivity contribution in [1.82, 2.24) is 10.4 Å². The molecule has 0 radical (unpaired) electrons. The summed E-state index contributed by atoms with van der Waals surface area (Å²) in [5.74, 6) is 5.78. The van der Waals surface area contributed by atoms with Crippen molar-refractivity contribution >= 4 is 28.1 Å². The molecule has 0 spiro atoms. The van der Waals surface area contributed by atoms with Crippen LogP contribution in [0.3, 0.4) is 0 Å². The number of nitrogens with two attached hydrogens (primary N) is 2. The molecule has 3 aromatic rings. The van der Waals surface area contributed by atoms with Gasteiger partial charge in [-0.2, -0.15) is 0 Å². The number of nitrogen functional groups attached to an aromatic ring is 1. The highest BCUT2D eigenvalue weighted by Crippen LogP contribution is 2.32. The van der Waals surface area contributed by atoms with Crippen LogP contribution >= 0.6 is 11.6 Å². The molecular weight excluding hydrogens is 284 g/mol. The number of hydrogen-bond donors (Lipinski definition) is 3. The van der Waals surface area contributed by atoms with Gasteiger partial charge < -0.3 is 5.73 Å². The molecule has 5 N–H and O–H groups in total. The van der Waals surface area contributed by atoms with E-state index in [2.05, 4.69) is 10.4 Å². The van der Waals surface area contributed by atoms with Gasteiger partial charge in [0.05, 0.1) is 6.04 Å². The molecule has 0 saturated heterocycles. The Hall–Kier alpha value is -2.14. The fourth-order valence-corrected chi connectivity index (χ4v) is 2.74. The molecule has 4 nitrogen and oxygen atoms in total. The Kier molecular flexibility index (Phi) is 3.75. The van der Waals surface area contributed by atoms with Crippen LogP contribution in [0.2, 0.25) is 5.02 Å². The van der Waals surface area contributed by atoms with Gasteiger partial charge in [-0.1, -0.05) is 35.9 Å². The van der Waals surface area contributed by atoms with Gasteiger partial charge in [0, 0.05) is 28.5 Å². The van der Waals surface area contributed by atoms with Crippen molar-refractivity contribution in [2.24, 2.45) is 5.84 Å². The number of anilines is 1. The summed E-state index contributed by atoms with van der Waals surface area (Å²) in [4.78, 5) is 4.15. The maximum Gasteiger partial charge on any atom is 0.0736 e. The molecule has 1 atom stereocenters. The molecule has 21 heavy (non-hydrogen) atoms. The number of nitrogens with zero attached hydrogens (tertiary/aromatic N) is 1. The van der Waals surface area contributed by atoms with E-state index in [0.29, 0.717) is 10.7 Å². The zero-order chi connectivity index (χ0) is 14.8. The van der Waals surface area contributed by atoms with E-state index in [1.165, 1.54) is 0 Å². The number of rotatable bonds is 3. The van der Waals surface area contributed by atoms with Gasteiger partial charge >= 0.3 is 0 Å². The Morgan fingerprint density at radius 1 is 1.10 bits per heavy atom. The largest absolute Gasteiger partial charge is 0.398 e. The molecule has 1 unspecified atom stereocenters. The first kappa shape index (κ1) is 13.8. The summed E-state index contributed by atoms with van der Waals surface area (Å²) in [6.07, 6.45) is 3.60. The molecule has 0 amide bonds. The summed E-state index contributed by atoms with van der Waals surface area (Å²) in [6, 6.07) is 13.2. The number of pyridine rings is 1. The number of benzene rings is 2. The van der Waals surface area contributed by atoms with Crippen LogP contribution in [-0.2, 0) is 0 Å². The van der Waals surface area contributed by atoms with Crippen molar-refractivity contribution in [2.45, 2.75) is 6.04 Å². The molecule has 0 aliphatic carbocycles. The molecule has 0 bridgehead atoms. The highest BCUT2D eigenvalue weighted by molar-refractivity contribution is 6.30. The van der Waals surface area contributed by atoms with Gasteiger partial charge in [0.2, 0.25) is 0 Å². The zero-order valence-corrected chi connectivity index (χ0v) is 12.0. The van der Waals surface area contributed by atoms with E-state index in [1.54, 1.807) is 12.3 Å². The number of halogens is 1. The van der Waals surface area contributed by atoms with Gasteiger partial charge in [0.25, 0.3) is 0 Å². The lowest BCUT2D eigenvalue weighted by Crippen LogP contribution is -2.29. The Morgan fingerprint density at radius 3 is 2.71 bits per heavy atom. The number of fused-ring (bicyclic) bond motifs is 1. The molecule has 0 aliphatic rings. The first-order valence-electron chi connectivity index (χ1n) is 6.54. The maximum atomic E-state index is 6.09. The highest BCUT2D eigenvalue weighted by Gasteiger charge is 2.17. The summed E-state index contributed by atoms with van der Waals surface area (Å²) < 4.78 is 0. The van der Waals surface area contributed by atoms with Crippen molar-refractivity contribution in [3.63, 3.8) is 0 Å². The van der Waals surface area contributed by atoms with Crippen LogP contribution in [-0.4, -0.2) is 4.98 Å². The molecule has 5 heteroatoms. The lowest BCUT2D eigenvalue weighted by Gasteiger charge is -2.20. The zero-order valence-electron chi connectivity index (χ0n) is 11.3. The van der Waals surface area contributed by atoms with Gasteiger partial charge in [-0.05, 0) is 34.7 Å². The first-order valence-corrected chi connectivity index (χ1v) is 6.92. The Balaban J connectivity index is 2.18. The molecule has 1 aromatic heterocycles. The summed E-state index contributed by atoms with van der Waals surface area (Å²) in [5.41, 5.74) is 11.5. The monoisotopic (exact) mass is 298 g/mol. The van der Waals surface area contributed by atoms with Gasteiger partial charge in [-0.15, -0.1) is 0 Å². The fraction of sp³-hybridized carbons (Fsp3) is 0.0625. The predicted molar refractivity (Wildman–Crippen MR) is 86.8 cm³/mol. The van der Waals surface area contributed by atoms with Crippen molar-refractivity contribution in [1.29, 1.82) is 0 Å². The second-order valence-corrected chi connectivity index (χ2v) is 5.25. The minimum absolute atomic E-state index is 0.214. The average Bonchev–Trinajstić information content (AvgIpc) is 2.50. The minimum atomic E-state index is -0.214. The second-order valence-electron chi connectivity index (χ2n) is 4.82. The number of nitrogens with one attached hydrogen (secondary N) is 1. The molecule has 1 heterocycles. The van der Waals surface area contributed by atoms with Crippen molar-refractivity contribution in [3.05, 3.63) is 71.0 Å². The Labute approximate surface area is 127 Å². The molecular formula is C16H15ClN4. The number of aromatic nitrogens is 1. The van der Waals surface area contributed by atoms with Gasteiger partial charge in [-0.3, -0.25) is 10.8 Å². The maximum absolute atomic E-state index is 6.09. The summed E-state index contributed by atoms with van der Waals surface area (Å²) in [7, 11) is 0. The van der Waals surface area contributed by atoms with Gasteiger partial charge in [0.1, 0.15) is 0 Å². The van der Waals surface area contributed by atoms with E-state index in [0.717, 1.165) is 21.9 Å². The van der Waals surface area contributed by atoms with E-state index < -0.39 is 0 Å². The molecule has 0 saturated carbocycles. The number of hydrazine groups is 1. The van der Waals surface area contributed by atoms with Crippen LogP contribution in [0, 0.1) is 0 Å². The summed E-state index contributed by atoms with van der Waals surface area (Å²) in [6.45, 7) is 0. The lowest BCUT2D eigenvalue weighted by atomic mass is 9.94. The summed E-state index contributed by atoms with van der Waals surface area (Å²) in [5, 5.41) is 2.75. The van der Waals surface area contributed by atoms with Crippen LogP contribution in [0.5, 0.6) is 0 Å². The van der Waals surface area contributed by atoms with Gasteiger partial charge in [-0.25, -0.2) is 5.43 Å². The van der Waals surface area contributed by atoms with Crippen molar-refractivity contribution < 1.29 is 0 Å². The topological polar surface area (TPSA) is 77.0 Å². The molecule has 3 rings (SSSR count). The van der Waals surface area contributed by atoms with E-state index in [9.17, 15) is 0 Å². The Morgan fingerprint density at radius 2 is 1.95 bits per heavy atom. The standard InChI is InChI=1S/C16H15ClN4/c17-11-4-5-14(15(18)8-11)16(21-19)13-3-1-2-10-9-20-7-6-12(10)13/h1-9,16,21H,18-19H2. The van der Waals surface area contributed by atoms with E-state index in [4.69, 9.17) is 23.2 Å². The normalized spacial score (nSPS) is 12.5. The highest BCUT2D eigenvalue weighted by atomic mass is 35.5. The quantitative estimate of drug-likeness (QED) is 0.395. The Bertz CT molecular complexity index is 783. The van der Waals surface area contributed by atoms with Gasteiger partial charge in [0.15, 0.2) is 0 Å². The third-order valence-electron chi connectivity index (χ3n) is 3.55. The second kappa shape index (κ2) is 5.69. The third kappa shape index (κ3) is 2.56. The average molecular weight is 299 g/mol. The number of hydrogen-bond acceptors (Lipinski definition) is 4. The van der Waals surface area contributed by atoms with Crippen LogP contribution in [0.25, 0.3) is 10.8 Å². The fourth-order valence-electron chi connectivity index (χ4n) is 2.55. The van der Waals surface area contributed by atoms with Crippen LogP contribution < -0.4 is 17.0 Å².